The van der Waals surface area contributed by atoms with E-state index in [9.17, 15) is 9.59 Å². The van der Waals surface area contributed by atoms with E-state index < -0.39 is 26.5 Å². The summed E-state index contributed by atoms with van der Waals surface area (Å²) in [6.45, 7) is 10.5. The number of rotatable bonds is 7. The number of halogens is 1. The second-order valence-electron chi connectivity index (χ2n) is 7.03. The van der Waals surface area contributed by atoms with Gasteiger partial charge in [-0.15, -0.1) is 0 Å². The maximum Gasteiger partial charge on any atom is 0.338 e. The minimum Gasteiger partial charge on any atom is -0.467 e. The zero-order chi connectivity index (χ0) is 18.5. The summed E-state index contributed by atoms with van der Waals surface area (Å²) in [4.78, 5) is 23.3. The molecule has 0 heterocycles. The number of methoxy groups -OCH3 is 1. The molecule has 0 aromatic heterocycles. The first-order chi connectivity index (χ1) is 11.0. The Morgan fingerprint density at radius 3 is 2.17 bits per heavy atom. The number of ether oxygens (including phenoxy) is 2. The lowest BCUT2D eigenvalue weighted by Gasteiger charge is -2.39. The predicted molar refractivity (Wildman–Crippen MR) is 95.4 cm³/mol. The molecule has 1 aromatic rings. The highest BCUT2D eigenvalue weighted by molar-refractivity contribution is 6.74. The minimum absolute atomic E-state index is 0.120. The Morgan fingerprint density at radius 1 is 1.21 bits per heavy atom. The summed E-state index contributed by atoms with van der Waals surface area (Å²) in [7, 11) is -1.02. The molecule has 0 fully saturated rings. The van der Waals surface area contributed by atoms with E-state index >= 15 is 0 Å². The van der Waals surface area contributed by atoms with Gasteiger partial charge in [-0.05, 0) is 35.8 Å². The predicted octanol–water partition coefficient (Wildman–Crippen LogP) is 4.12. The first-order valence-electron chi connectivity index (χ1n) is 7.63. The molecular formula is C17H25ClO5Si. The van der Waals surface area contributed by atoms with Crippen molar-refractivity contribution in [2.45, 2.75) is 51.1 Å². The van der Waals surface area contributed by atoms with Gasteiger partial charge in [-0.3, -0.25) is 4.79 Å². The lowest BCUT2D eigenvalue weighted by molar-refractivity contribution is -0.160. The fraction of sp³-hybridized carbons (Fsp3) is 0.529. The van der Waals surface area contributed by atoms with Crippen LogP contribution in [0.3, 0.4) is 0 Å². The molecule has 1 rings (SSSR count). The quantitative estimate of drug-likeness (QED) is 0.409. The SMILES string of the molecule is COC(=O)[C@H](O[Si](C)(C)C(C)(C)C)[C@@H](OC=O)c1ccc(Cl)cc1. The van der Waals surface area contributed by atoms with Crippen molar-refractivity contribution in [3.05, 3.63) is 34.9 Å². The maximum absolute atomic E-state index is 12.3. The highest BCUT2D eigenvalue weighted by atomic mass is 35.5. The summed E-state index contributed by atoms with van der Waals surface area (Å²) in [6, 6.07) is 6.72. The standard InChI is InChI=1S/C17H25ClO5Si/c1-17(2,3)24(5,6)23-15(16(20)21-4)14(22-11-19)12-7-9-13(18)10-8-12/h7-11,14-15H,1-6H3/t14-,15+/m0/s1. The van der Waals surface area contributed by atoms with Crippen LogP contribution in [-0.4, -0.2) is 34.0 Å². The van der Waals surface area contributed by atoms with Gasteiger partial charge in [-0.25, -0.2) is 4.79 Å². The summed E-state index contributed by atoms with van der Waals surface area (Å²) >= 11 is 5.90. The second-order valence-corrected chi connectivity index (χ2v) is 12.2. The average molecular weight is 373 g/mol. The summed E-state index contributed by atoms with van der Waals surface area (Å²) in [5.74, 6) is -0.582. The molecule has 0 aliphatic carbocycles. The van der Waals surface area contributed by atoms with Gasteiger partial charge in [-0.1, -0.05) is 44.5 Å². The van der Waals surface area contributed by atoms with Gasteiger partial charge >= 0.3 is 5.97 Å². The number of hydrogen-bond acceptors (Lipinski definition) is 5. The maximum atomic E-state index is 12.3. The molecule has 0 bridgehead atoms. The fourth-order valence-corrected chi connectivity index (χ4v) is 3.22. The Hall–Kier alpha value is -1.37. The molecule has 0 radical (unpaired) electrons. The van der Waals surface area contributed by atoms with Crippen LogP contribution < -0.4 is 0 Å². The number of carbonyl (C=O) groups is 2. The Morgan fingerprint density at radius 2 is 1.75 bits per heavy atom. The van der Waals surface area contributed by atoms with Gasteiger partial charge in [0.15, 0.2) is 20.5 Å². The van der Waals surface area contributed by atoms with Crippen LogP contribution >= 0.6 is 11.6 Å². The van der Waals surface area contributed by atoms with Crippen LogP contribution in [0.5, 0.6) is 0 Å². The van der Waals surface area contributed by atoms with Crippen LogP contribution in [0.25, 0.3) is 0 Å². The van der Waals surface area contributed by atoms with E-state index in [-0.39, 0.29) is 5.04 Å². The van der Waals surface area contributed by atoms with Crippen molar-refractivity contribution in [1.29, 1.82) is 0 Å². The first kappa shape index (κ1) is 20.7. The van der Waals surface area contributed by atoms with E-state index in [2.05, 4.69) is 20.8 Å². The van der Waals surface area contributed by atoms with Crippen LogP contribution in [0.15, 0.2) is 24.3 Å². The van der Waals surface area contributed by atoms with Crippen molar-refractivity contribution in [3.63, 3.8) is 0 Å². The smallest absolute Gasteiger partial charge is 0.338 e. The monoisotopic (exact) mass is 372 g/mol. The molecule has 1 aromatic carbocycles. The molecule has 0 N–H and O–H groups in total. The summed E-state index contributed by atoms with van der Waals surface area (Å²) in [6.07, 6.45) is -1.94. The van der Waals surface area contributed by atoms with Crippen molar-refractivity contribution >= 4 is 32.4 Å². The van der Waals surface area contributed by atoms with Gasteiger partial charge in [0, 0.05) is 5.02 Å². The topological polar surface area (TPSA) is 61.8 Å². The van der Waals surface area contributed by atoms with E-state index in [1.165, 1.54) is 7.11 Å². The Bertz CT molecular complexity index is 565. The molecule has 5 nitrogen and oxygen atoms in total. The van der Waals surface area contributed by atoms with E-state index in [0.717, 1.165) is 0 Å². The lowest BCUT2D eigenvalue weighted by Crippen LogP contribution is -2.48. The van der Waals surface area contributed by atoms with Crippen molar-refractivity contribution in [1.82, 2.24) is 0 Å². The molecule has 0 spiro atoms. The van der Waals surface area contributed by atoms with E-state index in [0.29, 0.717) is 17.1 Å². The molecule has 0 unspecified atom stereocenters. The van der Waals surface area contributed by atoms with E-state index in [4.69, 9.17) is 25.5 Å². The highest BCUT2D eigenvalue weighted by Gasteiger charge is 2.44. The number of hydrogen-bond donors (Lipinski definition) is 0. The Balaban J connectivity index is 3.26. The lowest BCUT2D eigenvalue weighted by atomic mass is 10.0. The molecule has 0 saturated heterocycles. The third-order valence-corrected chi connectivity index (χ3v) is 9.04. The van der Waals surface area contributed by atoms with Gasteiger partial charge in [-0.2, -0.15) is 0 Å². The van der Waals surface area contributed by atoms with Crippen molar-refractivity contribution < 1.29 is 23.5 Å². The minimum atomic E-state index is -2.31. The third kappa shape index (κ3) is 5.06. The molecule has 0 aliphatic heterocycles. The molecule has 0 aliphatic rings. The number of benzene rings is 1. The molecular weight excluding hydrogens is 348 g/mol. The summed E-state index contributed by atoms with van der Waals surface area (Å²) in [5, 5.41) is 0.425. The summed E-state index contributed by atoms with van der Waals surface area (Å²) < 4.78 is 16.3. The van der Waals surface area contributed by atoms with Crippen LogP contribution in [0.4, 0.5) is 0 Å². The first-order valence-corrected chi connectivity index (χ1v) is 10.9. The van der Waals surface area contributed by atoms with Crippen molar-refractivity contribution in [2.24, 2.45) is 0 Å². The van der Waals surface area contributed by atoms with Crippen LogP contribution in [-0.2, 0) is 23.5 Å². The van der Waals surface area contributed by atoms with Gasteiger partial charge in [0.25, 0.3) is 6.47 Å². The van der Waals surface area contributed by atoms with Crippen molar-refractivity contribution in [3.8, 4) is 0 Å². The van der Waals surface area contributed by atoms with Gasteiger partial charge in [0.1, 0.15) is 0 Å². The second kappa shape index (κ2) is 8.14. The van der Waals surface area contributed by atoms with Gasteiger partial charge in [0.05, 0.1) is 7.11 Å². The van der Waals surface area contributed by atoms with Gasteiger partial charge in [0.2, 0.25) is 0 Å². The normalized spacial score (nSPS) is 14.6. The molecule has 7 heteroatoms. The Labute approximate surface area is 149 Å². The third-order valence-electron chi connectivity index (χ3n) is 4.34. The van der Waals surface area contributed by atoms with E-state index in [1.54, 1.807) is 24.3 Å². The average Bonchev–Trinajstić information content (AvgIpc) is 2.50. The zero-order valence-electron chi connectivity index (χ0n) is 15.0. The zero-order valence-corrected chi connectivity index (χ0v) is 16.7. The van der Waals surface area contributed by atoms with Crippen molar-refractivity contribution in [2.75, 3.05) is 7.11 Å². The van der Waals surface area contributed by atoms with Crippen LogP contribution in [0, 0.1) is 0 Å². The highest BCUT2D eigenvalue weighted by Crippen LogP contribution is 2.39. The molecule has 24 heavy (non-hydrogen) atoms. The largest absolute Gasteiger partial charge is 0.467 e. The number of esters is 1. The molecule has 134 valence electrons. The van der Waals surface area contributed by atoms with E-state index in [1.807, 2.05) is 13.1 Å². The fourth-order valence-electron chi connectivity index (χ4n) is 1.88. The summed E-state index contributed by atoms with van der Waals surface area (Å²) in [5.41, 5.74) is 0.612. The number of carbonyl (C=O) groups excluding carboxylic acids is 2. The molecule has 0 amide bonds. The molecule has 0 saturated carbocycles. The van der Waals surface area contributed by atoms with Gasteiger partial charge < -0.3 is 13.9 Å². The molecule has 2 atom stereocenters. The van der Waals surface area contributed by atoms with Crippen LogP contribution in [0.1, 0.15) is 32.4 Å². The Kier molecular flexibility index (Phi) is 7.01. The van der Waals surface area contributed by atoms with Crippen LogP contribution in [0.2, 0.25) is 23.2 Å².